The van der Waals surface area contributed by atoms with Gasteiger partial charge < -0.3 is 14.7 Å². The van der Waals surface area contributed by atoms with E-state index in [1.165, 1.54) is 4.90 Å². The Morgan fingerprint density at radius 3 is 2.81 bits per heavy atom. The van der Waals surface area contributed by atoms with Gasteiger partial charge >= 0.3 is 5.97 Å². The number of amides is 3. The number of nitrogens with one attached hydrogen (secondary N) is 1. The van der Waals surface area contributed by atoms with Crippen LogP contribution in [-0.2, 0) is 20.9 Å². The number of fused-ring (bicyclic) bond motifs is 1. The molecule has 8 heteroatoms. The van der Waals surface area contributed by atoms with Crippen LogP contribution in [0.3, 0.4) is 0 Å². The van der Waals surface area contributed by atoms with Crippen molar-refractivity contribution in [2.45, 2.75) is 44.7 Å². The van der Waals surface area contributed by atoms with E-state index in [2.05, 4.69) is 5.32 Å². The van der Waals surface area contributed by atoms with Gasteiger partial charge in [0.05, 0.1) is 6.61 Å². The SMILES string of the molecule is O=C(O)CCCCOc1ccc2c(c1)C(=O)N(C1CCC(=O)NC1=O)C2. The monoisotopic (exact) mass is 360 g/mol. The average Bonchev–Trinajstić information content (AvgIpc) is 2.91. The summed E-state index contributed by atoms with van der Waals surface area (Å²) in [6.45, 7) is 0.705. The van der Waals surface area contributed by atoms with Crippen LogP contribution in [0, 0.1) is 0 Å². The topological polar surface area (TPSA) is 113 Å². The van der Waals surface area contributed by atoms with E-state index in [4.69, 9.17) is 9.84 Å². The second kappa shape index (κ2) is 7.55. The number of rotatable bonds is 7. The zero-order valence-electron chi connectivity index (χ0n) is 14.2. The molecule has 0 spiro atoms. The minimum Gasteiger partial charge on any atom is -0.494 e. The number of imide groups is 1. The lowest BCUT2D eigenvalue weighted by atomic mass is 10.0. The molecule has 1 fully saturated rings. The molecule has 2 aliphatic heterocycles. The lowest BCUT2D eigenvalue weighted by Gasteiger charge is -2.29. The molecule has 1 atom stereocenters. The molecule has 0 bridgehead atoms. The van der Waals surface area contributed by atoms with Gasteiger partial charge in [-0.25, -0.2) is 0 Å². The van der Waals surface area contributed by atoms with Crippen LogP contribution in [0.25, 0.3) is 0 Å². The Morgan fingerprint density at radius 1 is 1.27 bits per heavy atom. The smallest absolute Gasteiger partial charge is 0.303 e. The van der Waals surface area contributed by atoms with Gasteiger partial charge in [-0.3, -0.25) is 24.5 Å². The molecular weight excluding hydrogens is 340 g/mol. The predicted molar refractivity (Wildman–Crippen MR) is 89.5 cm³/mol. The van der Waals surface area contributed by atoms with Gasteiger partial charge in [0.2, 0.25) is 11.8 Å². The Balaban J connectivity index is 1.61. The molecule has 1 aromatic carbocycles. The van der Waals surface area contributed by atoms with Crippen molar-refractivity contribution < 1.29 is 29.0 Å². The average molecular weight is 360 g/mol. The van der Waals surface area contributed by atoms with Crippen molar-refractivity contribution in [2.75, 3.05) is 6.61 Å². The molecular formula is C18H20N2O6. The lowest BCUT2D eigenvalue weighted by Crippen LogP contribution is -2.52. The zero-order valence-corrected chi connectivity index (χ0v) is 14.2. The van der Waals surface area contributed by atoms with Crippen molar-refractivity contribution in [1.29, 1.82) is 0 Å². The van der Waals surface area contributed by atoms with E-state index in [1.807, 2.05) is 0 Å². The van der Waals surface area contributed by atoms with Crippen molar-refractivity contribution in [2.24, 2.45) is 0 Å². The van der Waals surface area contributed by atoms with Gasteiger partial charge in [-0.1, -0.05) is 6.07 Å². The first-order valence-electron chi connectivity index (χ1n) is 8.58. The molecule has 0 aliphatic carbocycles. The highest BCUT2D eigenvalue weighted by Crippen LogP contribution is 2.30. The maximum atomic E-state index is 12.7. The number of benzene rings is 1. The summed E-state index contributed by atoms with van der Waals surface area (Å²) in [5, 5.41) is 10.9. The number of ether oxygens (including phenoxy) is 1. The van der Waals surface area contributed by atoms with Crippen molar-refractivity contribution in [3.05, 3.63) is 29.3 Å². The van der Waals surface area contributed by atoms with Crippen molar-refractivity contribution in [3.8, 4) is 5.75 Å². The third-order valence-corrected chi connectivity index (χ3v) is 4.55. The summed E-state index contributed by atoms with van der Waals surface area (Å²) in [7, 11) is 0. The van der Waals surface area contributed by atoms with Crippen molar-refractivity contribution in [3.63, 3.8) is 0 Å². The molecule has 2 aliphatic rings. The number of hydrogen-bond acceptors (Lipinski definition) is 5. The van der Waals surface area contributed by atoms with Gasteiger partial charge in [0.1, 0.15) is 11.8 Å². The molecule has 1 aromatic rings. The molecule has 0 radical (unpaired) electrons. The number of carboxylic acids is 1. The maximum absolute atomic E-state index is 12.7. The Labute approximate surface area is 150 Å². The molecule has 0 saturated carbocycles. The van der Waals surface area contributed by atoms with Gasteiger partial charge in [0.25, 0.3) is 5.91 Å². The summed E-state index contributed by atoms with van der Waals surface area (Å²) in [4.78, 5) is 47.9. The standard InChI is InChI=1S/C18H20N2O6/c21-15-7-6-14(17(24)19-15)20-10-11-4-5-12(9-13(11)18(20)25)26-8-2-1-3-16(22)23/h4-5,9,14H,1-3,6-8,10H2,(H,22,23)(H,19,21,24). The quantitative estimate of drug-likeness (QED) is 0.556. The highest BCUT2D eigenvalue weighted by atomic mass is 16.5. The molecule has 2 N–H and O–H groups in total. The Morgan fingerprint density at radius 2 is 2.08 bits per heavy atom. The molecule has 1 unspecified atom stereocenters. The molecule has 0 aromatic heterocycles. The number of aliphatic carboxylic acids is 1. The van der Waals surface area contributed by atoms with Crippen LogP contribution in [-0.4, -0.2) is 46.3 Å². The van der Waals surface area contributed by atoms with Crippen LogP contribution in [0.5, 0.6) is 5.75 Å². The van der Waals surface area contributed by atoms with Crippen LogP contribution in [0.4, 0.5) is 0 Å². The number of carbonyl (C=O) groups is 4. The summed E-state index contributed by atoms with van der Waals surface area (Å²) in [5.41, 5.74) is 1.32. The van der Waals surface area contributed by atoms with E-state index in [-0.39, 0.29) is 24.7 Å². The van der Waals surface area contributed by atoms with E-state index in [9.17, 15) is 19.2 Å². The number of nitrogens with zero attached hydrogens (tertiary/aromatic N) is 1. The Hall–Kier alpha value is -2.90. The molecule has 138 valence electrons. The Kier molecular flexibility index (Phi) is 5.20. The van der Waals surface area contributed by atoms with Crippen LogP contribution in [0.2, 0.25) is 0 Å². The minimum absolute atomic E-state index is 0.104. The van der Waals surface area contributed by atoms with Crippen LogP contribution < -0.4 is 10.1 Å². The molecule has 2 heterocycles. The maximum Gasteiger partial charge on any atom is 0.303 e. The van der Waals surface area contributed by atoms with Gasteiger partial charge in [-0.05, 0) is 37.0 Å². The number of carboxylic acid groups (broad SMARTS) is 1. The Bertz CT molecular complexity index is 760. The van der Waals surface area contributed by atoms with Gasteiger partial charge in [-0.2, -0.15) is 0 Å². The van der Waals surface area contributed by atoms with Gasteiger partial charge in [0, 0.05) is 24.9 Å². The fraction of sp³-hybridized carbons (Fsp3) is 0.444. The van der Waals surface area contributed by atoms with E-state index < -0.39 is 17.9 Å². The minimum atomic E-state index is -0.832. The highest BCUT2D eigenvalue weighted by Gasteiger charge is 2.39. The summed E-state index contributed by atoms with van der Waals surface area (Å²) < 4.78 is 5.59. The molecule has 26 heavy (non-hydrogen) atoms. The lowest BCUT2D eigenvalue weighted by molar-refractivity contribution is -0.138. The molecule has 1 saturated heterocycles. The van der Waals surface area contributed by atoms with Crippen LogP contribution >= 0.6 is 0 Å². The predicted octanol–water partition coefficient (Wildman–Crippen LogP) is 1.08. The van der Waals surface area contributed by atoms with Crippen LogP contribution in [0.1, 0.15) is 48.0 Å². The summed E-state index contributed by atoms with van der Waals surface area (Å²) in [6, 6.07) is 4.58. The fourth-order valence-electron chi connectivity index (χ4n) is 3.19. The van der Waals surface area contributed by atoms with E-state index >= 15 is 0 Å². The summed E-state index contributed by atoms with van der Waals surface area (Å²) in [6.07, 6.45) is 1.80. The zero-order chi connectivity index (χ0) is 18.7. The molecule has 3 amide bonds. The first-order valence-corrected chi connectivity index (χ1v) is 8.58. The highest BCUT2D eigenvalue weighted by molar-refractivity contribution is 6.05. The second-order valence-electron chi connectivity index (χ2n) is 6.42. The van der Waals surface area contributed by atoms with Gasteiger partial charge in [-0.15, -0.1) is 0 Å². The second-order valence-corrected chi connectivity index (χ2v) is 6.42. The summed E-state index contributed by atoms with van der Waals surface area (Å²) >= 11 is 0. The van der Waals surface area contributed by atoms with E-state index in [0.717, 1.165) is 5.56 Å². The number of hydrogen-bond donors (Lipinski definition) is 2. The first-order chi connectivity index (χ1) is 12.5. The van der Waals surface area contributed by atoms with E-state index in [1.54, 1.807) is 18.2 Å². The third kappa shape index (κ3) is 3.84. The van der Waals surface area contributed by atoms with Crippen molar-refractivity contribution >= 4 is 23.7 Å². The summed E-state index contributed by atoms with van der Waals surface area (Å²) in [5.74, 6) is -1.28. The molecule has 8 nitrogen and oxygen atoms in total. The van der Waals surface area contributed by atoms with Crippen LogP contribution in [0.15, 0.2) is 18.2 Å². The third-order valence-electron chi connectivity index (χ3n) is 4.55. The normalized spacial score (nSPS) is 19.3. The number of piperidine rings is 1. The van der Waals surface area contributed by atoms with E-state index in [0.29, 0.717) is 43.7 Å². The van der Waals surface area contributed by atoms with Gasteiger partial charge in [0.15, 0.2) is 0 Å². The molecule has 3 rings (SSSR count). The number of carbonyl (C=O) groups excluding carboxylic acids is 3. The first kappa shape index (κ1) is 17.9. The fourth-order valence-corrected chi connectivity index (χ4v) is 3.19. The number of unbranched alkanes of at least 4 members (excludes halogenated alkanes) is 1. The van der Waals surface area contributed by atoms with Crippen molar-refractivity contribution in [1.82, 2.24) is 10.2 Å². The largest absolute Gasteiger partial charge is 0.494 e.